The molecule has 1 aromatic heterocycles. The molecule has 134 valence electrons. The van der Waals surface area contributed by atoms with Gasteiger partial charge in [-0.05, 0) is 43.7 Å². The lowest BCUT2D eigenvalue weighted by Crippen LogP contribution is -2.31. The predicted octanol–water partition coefficient (Wildman–Crippen LogP) is 4.41. The molecule has 3 aromatic rings. The number of rotatable bonds is 6. The van der Waals surface area contributed by atoms with E-state index in [1.165, 1.54) is 5.56 Å². The van der Waals surface area contributed by atoms with Crippen LogP contribution in [0.1, 0.15) is 18.1 Å². The van der Waals surface area contributed by atoms with Gasteiger partial charge in [-0.2, -0.15) is 5.10 Å². The van der Waals surface area contributed by atoms with Crippen LogP contribution in [0.5, 0.6) is 5.75 Å². The Morgan fingerprint density at radius 1 is 1.15 bits per heavy atom. The van der Waals surface area contributed by atoms with Crippen LogP contribution in [0, 0.1) is 6.92 Å². The zero-order chi connectivity index (χ0) is 18.5. The van der Waals surface area contributed by atoms with Crippen molar-refractivity contribution in [2.45, 2.75) is 26.5 Å². The number of nitrogens with zero attached hydrogens (tertiary/aromatic N) is 2. The molecular formula is C20H20BrN3O2. The van der Waals surface area contributed by atoms with Gasteiger partial charge in [-0.15, -0.1) is 0 Å². The summed E-state index contributed by atoms with van der Waals surface area (Å²) in [5, 5.41) is 7.18. The number of benzene rings is 2. The highest BCUT2D eigenvalue weighted by atomic mass is 79.9. The fourth-order valence-electron chi connectivity index (χ4n) is 2.43. The minimum Gasteiger partial charge on any atom is -0.481 e. The molecule has 1 amide bonds. The average Bonchev–Trinajstić information content (AvgIpc) is 3.05. The van der Waals surface area contributed by atoms with Gasteiger partial charge in [0, 0.05) is 10.5 Å². The Morgan fingerprint density at radius 2 is 1.85 bits per heavy atom. The normalized spacial score (nSPS) is 11.8. The molecule has 0 saturated carbocycles. The van der Waals surface area contributed by atoms with Gasteiger partial charge >= 0.3 is 0 Å². The molecule has 0 aliphatic heterocycles. The van der Waals surface area contributed by atoms with Crippen molar-refractivity contribution in [1.82, 2.24) is 9.78 Å². The van der Waals surface area contributed by atoms with Crippen molar-refractivity contribution in [2.75, 3.05) is 5.32 Å². The van der Waals surface area contributed by atoms with Crippen LogP contribution in [0.25, 0.3) is 0 Å². The van der Waals surface area contributed by atoms with Crippen LogP contribution in [-0.4, -0.2) is 21.8 Å². The summed E-state index contributed by atoms with van der Waals surface area (Å²) in [7, 11) is 0. The zero-order valence-corrected chi connectivity index (χ0v) is 16.2. The lowest BCUT2D eigenvalue weighted by atomic mass is 10.1. The Bertz CT molecular complexity index is 873. The molecule has 6 heteroatoms. The highest BCUT2D eigenvalue weighted by Gasteiger charge is 2.16. The third-order valence-corrected chi connectivity index (χ3v) is 4.45. The Hall–Kier alpha value is -2.60. The van der Waals surface area contributed by atoms with E-state index in [9.17, 15) is 4.79 Å². The molecule has 0 aliphatic carbocycles. The fourth-order valence-corrected chi connectivity index (χ4v) is 2.69. The van der Waals surface area contributed by atoms with Gasteiger partial charge < -0.3 is 10.1 Å². The summed E-state index contributed by atoms with van der Waals surface area (Å²) in [5.41, 5.74) is 2.33. The summed E-state index contributed by atoms with van der Waals surface area (Å²) in [6, 6.07) is 17.4. The lowest BCUT2D eigenvalue weighted by Gasteiger charge is -2.15. The second kappa shape index (κ2) is 8.19. The van der Waals surface area contributed by atoms with E-state index in [0.29, 0.717) is 18.1 Å². The lowest BCUT2D eigenvalue weighted by molar-refractivity contribution is -0.122. The number of hydrogen-bond acceptors (Lipinski definition) is 3. The molecule has 26 heavy (non-hydrogen) atoms. The van der Waals surface area contributed by atoms with Crippen molar-refractivity contribution in [3.05, 3.63) is 76.4 Å². The van der Waals surface area contributed by atoms with Crippen LogP contribution >= 0.6 is 15.9 Å². The van der Waals surface area contributed by atoms with Gasteiger partial charge in [-0.3, -0.25) is 4.79 Å². The molecule has 3 rings (SSSR count). The smallest absolute Gasteiger partial charge is 0.266 e. The van der Waals surface area contributed by atoms with Gasteiger partial charge in [-0.25, -0.2) is 4.68 Å². The second-order valence-electron chi connectivity index (χ2n) is 6.06. The second-order valence-corrected chi connectivity index (χ2v) is 6.98. The average molecular weight is 414 g/mol. The molecule has 1 unspecified atom stereocenters. The molecule has 0 bridgehead atoms. The summed E-state index contributed by atoms with van der Waals surface area (Å²) in [6.07, 6.45) is 1.04. The first-order chi connectivity index (χ1) is 12.5. The molecule has 5 nitrogen and oxygen atoms in total. The molecule has 0 spiro atoms. The number of aryl methyl sites for hydroxylation is 1. The standard InChI is InChI=1S/C20H20BrN3O2/c1-14-3-5-16(6-4-14)13-24-19(11-12-22-24)23-20(25)15(2)26-18-9-7-17(21)8-10-18/h3-12,15H,13H2,1-2H3,(H,23,25). The molecule has 0 saturated heterocycles. The van der Waals surface area contributed by atoms with E-state index in [1.807, 2.05) is 24.3 Å². The number of amides is 1. The van der Waals surface area contributed by atoms with Crippen LogP contribution < -0.4 is 10.1 Å². The highest BCUT2D eigenvalue weighted by Crippen LogP contribution is 2.18. The van der Waals surface area contributed by atoms with E-state index < -0.39 is 6.10 Å². The maximum absolute atomic E-state index is 12.4. The summed E-state index contributed by atoms with van der Waals surface area (Å²) in [6.45, 7) is 4.36. The van der Waals surface area contributed by atoms with E-state index in [4.69, 9.17) is 4.74 Å². The quantitative estimate of drug-likeness (QED) is 0.650. The van der Waals surface area contributed by atoms with Crippen LogP contribution in [0.2, 0.25) is 0 Å². The van der Waals surface area contributed by atoms with Crippen LogP contribution in [-0.2, 0) is 11.3 Å². The summed E-state index contributed by atoms with van der Waals surface area (Å²) < 4.78 is 8.41. The molecule has 0 aliphatic rings. The Morgan fingerprint density at radius 3 is 2.54 bits per heavy atom. The largest absolute Gasteiger partial charge is 0.481 e. The van der Waals surface area contributed by atoms with E-state index in [2.05, 4.69) is 57.5 Å². The molecule has 1 heterocycles. The summed E-state index contributed by atoms with van der Waals surface area (Å²) >= 11 is 3.37. The Kier molecular flexibility index (Phi) is 5.73. The number of nitrogens with one attached hydrogen (secondary N) is 1. The number of aromatic nitrogens is 2. The molecular weight excluding hydrogens is 394 g/mol. The highest BCUT2D eigenvalue weighted by molar-refractivity contribution is 9.10. The van der Waals surface area contributed by atoms with Crippen LogP contribution in [0.3, 0.4) is 0 Å². The topological polar surface area (TPSA) is 56.2 Å². The van der Waals surface area contributed by atoms with Crippen LogP contribution in [0.4, 0.5) is 5.82 Å². The third kappa shape index (κ3) is 4.73. The molecule has 1 N–H and O–H groups in total. The SMILES string of the molecule is Cc1ccc(Cn2nccc2NC(=O)C(C)Oc2ccc(Br)cc2)cc1. The van der Waals surface area contributed by atoms with Gasteiger partial charge in [0.1, 0.15) is 11.6 Å². The molecule has 1 atom stereocenters. The molecule has 0 radical (unpaired) electrons. The van der Waals surface area contributed by atoms with Gasteiger partial charge in [0.05, 0.1) is 12.7 Å². The number of hydrogen-bond donors (Lipinski definition) is 1. The van der Waals surface area contributed by atoms with Crippen molar-refractivity contribution in [3.8, 4) is 5.75 Å². The van der Waals surface area contributed by atoms with E-state index in [-0.39, 0.29) is 5.91 Å². The van der Waals surface area contributed by atoms with Crippen molar-refractivity contribution >= 4 is 27.7 Å². The van der Waals surface area contributed by atoms with Crippen molar-refractivity contribution in [3.63, 3.8) is 0 Å². The van der Waals surface area contributed by atoms with Crippen molar-refractivity contribution < 1.29 is 9.53 Å². The number of ether oxygens (including phenoxy) is 1. The first kappa shape index (κ1) is 18.2. The first-order valence-electron chi connectivity index (χ1n) is 8.32. The van der Waals surface area contributed by atoms with E-state index in [1.54, 1.807) is 23.9 Å². The number of carbonyl (C=O) groups is 1. The zero-order valence-electron chi connectivity index (χ0n) is 14.6. The predicted molar refractivity (Wildman–Crippen MR) is 105 cm³/mol. The number of carbonyl (C=O) groups excluding carboxylic acids is 1. The molecule has 0 fully saturated rings. The third-order valence-electron chi connectivity index (χ3n) is 3.92. The van der Waals surface area contributed by atoms with Crippen molar-refractivity contribution in [2.24, 2.45) is 0 Å². The van der Waals surface area contributed by atoms with Gasteiger partial charge in [0.15, 0.2) is 6.10 Å². The number of halogens is 1. The van der Waals surface area contributed by atoms with Gasteiger partial charge in [-0.1, -0.05) is 45.8 Å². The maximum atomic E-state index is 12.4. The Balaban J connectivity index is 1.63. The maximum Gasteiger partial charge on any atom is 0.266 e. The first-order valence-corrected chi connectivity index (χ1v) is 9.11. The van der Waals surface area contributed by atoms with Gasteiger partial charge in [0.25, 0.3) is 5.91 Å². The minimum atomic E-state index is -0.626. The number of anilines is 1. The minimum absolute atomic E-state index is 0.224. The summed E-state index contributed by atoms with van der Waals surface area (Å²) in [5.74, 6) is 1.06. The van der Waals surface area contributed by atoms with E-state index in [0.717, 1.165) is 10.0 Å². The molecule has 2 aromatic carbocycles. The summed E-state index contributed by atoms with van der Waals surface area (Å²) in [4.78, 5) is 12.4. The van der Waals surface area contributed by atoms with Crippen LogP contribution in [0.15, 0.2) is 65.3 Å². The van der Waals surface area contributed by atoms with Gasteiger partial charge in [0.2, 0.25) is 0 Å². The van der Waals surface area contributed by atoms with E-state index >= 15 is 0 Å². The van der Waals surface area contributed by atoms with Crippen molar-refractivity contribution in [1.29, 1.82) is 0 Å². The Labute approximate surface area is 161 Å². The fraction of sp³-hybridized carbons (Fsp3) is 0.200. The monoisotopic (exact) mass is 413 g/mol.